The van der Waals surface area contributed by atoms with Crippen molar-refractivity contribution in [1.82, 2.24) is 4.98 Å². The molecule has 0 fully saturated rings. The highest BCUT2D eigenvalue weighted by Crippen LogP contribution is 2.07. The van der Waals surface area contributed by atoms with Gasteiger partial charge in [-0.2, -0.15) is 0 Å². The molecule has 10 heavy (non-hydrogen) atoms. The molecule has 3 nitrogen and oxygen atoms in total. The summed E-state index contributed by atoms with van der Waals surface area (Å²) >= 11 is 4.66. The van der Waals surface area contributed by atoms with E-state index < -0.39 is 0 Å². The normalized spacial score (nSPS) is 9.80. The van der Waals surface area contributed by atoms with E-state index in [0.717, 1.165) is 11.5 Å². The minimum Gasteiger partial charge on any atom is -0.439 e. The van der Waals surface area contributed by atoms with Crippen molar-refractivity contribution >= 4 is 17.2 Å². The van der Waals surface area contributed by atoms with Gasteiger partial charge in [0.05, 0.1) is 5.69 Å². The van der Waals surface area contributed by atoms with Crippen LogP contribution in [0.2, 0.25) is 0 Å². The molecule has 0 radical (unpaired) electrons. The Morgan fingerprint density at radius 2 is 2.20 bits per heavy atom. The molecule has 4 heteroatoms. The summed E-state index contributed by atoms with van der Waals surface area (Å²) in [5.41, 5.74) is 6.11. The fourth-order valence-electron chi connectivity index (χ4n) is 0.578. The zero-order valence-electron chi connectivity index (χ0n) is 5.84. The highest BCUT2D eigenvalue weighted by atomic mass is 32.1. The Kier molecular flexibility index (Phi) is 1.72. The van der Waals surface area contributed by atoms with Crippen LogP contribution in [-0.4, -0.2) is 9.97 Å². The standard InChI is InChI=1S/C6H8N2OS/c1-3-4(2)9-6(8-3)5(7)10/h1-2H3,(H2,7,10). The molecule has 54 valence electrons. The van der Waals surface area contributed by atoms with Crippen molar-refractivity contribution in [2.24, 2.45) is 5.73 Å². The molecule has 1 rings (SSSR count). The molecule has 0 aromatic carbocycles. The first-order valence-corrected chi connectivity index (χ1v) is 3.26. The number of thiocarbonyl (C=S) groups is 1. The van der Waals surface area contributed by atoms with E-state index in [4.69, 9.17) is 10.2 Å². The van der Waals surface area contributed by atoms with E-state index >= 15 is 0 Å². The summed E-state index contributed by atoms with van der Waals surface area (Å²) in [5.74, 6) is 1.12. The van der Waals surface area contributed by atoms with Gasteiger partial charge in [0.25, 0.3) is 5.89 Å². The summed E-state index contributed by atoms with van der Waals surface area (Å²) in [6.45, 7) is 3.67. The summed E-state index contributed by atoms with van der Waals surface area (Å²) < 4.78 is 5.10. The Hall–Kier alpha value is -0.900. The van der Waals surface area contributed by atoms with Crippen LogP contribution in [0, 0.1) is 13.8 Å². The highest BCUT2D eigenvalue weighted by Gasteiger charge is 2.06. The zero-order valence-corrected chi connectivity index (χ0v) is 6.66. The summed E-state index contributed by atoms with van der Waals surface area (Å²) in [4.78, 5) is 4.18. The average molecular weight is 156 g/mol. The Balaban J connectivity index is 3.10. The van der Waals surface area contributed by atoms with Crippen LogP contribution in [0.5, 0.6) is 0 Å². The molecule has 0 atom stereocenters. The van der Waals surface area contributed by atoms with Crippen LogP contribution < -0.4 is 5.73 Å². The summed E-state index contributed by atoms with van der Waals surface area (Å²) in [5, 5.41) is 0. The number of hydrogen-bond acceptors (Lipinski definition) is 3. The molecule has 0 spiro atoms. The molecule has 0 saturated heterocycles. The van der Waals surface area contributed by atoms with E-state index in [9.17, 15) is 0 Å². The first-order chi connectivity index (χ1) is 4.61. The van der Waals surface area contributed by atoms with Crippen molar-refractivity contribution in [3.63, 3.8) is 0 Å². The van der Waals surface area contributed by atoms with Crippen LogP contribution in [0.3, 0.4) is 0 Å². The second-order valence-electron chi connectivity index (χ2n) is 2.02. The highest BCUT2D eigenvalue weighted by molar-refractivity contribution is 7.80. The third-order valence-electron chi connectivity index (χ3n) is 1.24. The maximum Gasteiger partial charge on any atom is 0.254 e. The van der Waals surface area contributed by atoms with Crippen molar-refractivity contribution in [3.8, 4) is 0 Å². The lowest BCUT2D eigenvalue weighted by molar-refractivity contribution is 0.517. The summed E-state index contributed by atoms with van der Waals surface area (Å²) in [7, 11) is 0. The lowest BCUT2D eigenvalue weighted by Gasteiger charge is -1.84. The van der Waals surface area contributed by atoms with Gasteiger partial charge >= 0.3 is 0 Å². The van der Waals surface area contributed by atoms with Gasteiger partial charge < -0.3 is 10.2 Å². The lowest BCUT2D eigenvalue weighted by Crippen LogP contribution is -2.09. The predicted molar refractivity (Wildman–Crippen MR) is 41.9 cm³/mol. The molecule has 0 aliphatic heterocycles. The quantitative estimate of drug-likeness (QED) is 0.614. The Labute approximate surface area is 64.2 Å². The van der Waals surface area contributed by atoms with Gasteiger partial charge in [-0.3, -0.25) is 0 Å². The Morgan fingerprint density at radius 1 is 1.60 bits per heavy atom. The van der Waals surface area contributed by atoms with Crippen LogP contribution in [0.25, 0.3) is 0 Å². The number of nitrogens with zero attached hydrogens (tertiary/aromatic N) is 1. The molecule has 0 saturated carbocycles. The van der Waals surface area contributed by atoms with Gasteiger partial charge in [0.2, 0.25) is 0 Å². The fraction of sp³-hybridized carbons (Fsp3) is 0.333. The summed E-state index contributed by atoms with van der Waals surface area (Å²) in [6, 6.07) is 0. The second-order valence-corrected chi connectivity index (χ2v) is 2.46. The van der Waals surface area contributed by atoms with Crippen LogP contribution in [-0.2, 0) is 0 Å². The first kappa shape index (κ1) is 7.21. The maximum absolute atomic E-state index is 5.27. The van der Waals surface area contributed by atoms with Gasteiger partial charge in [-0.05, 0) is 13.8 Å². The number of hydrogen-bond donors (Lipinski definition) is 1. The van der Waals surface area contributed by atoms with Gasteiger partial charge in [0.1, 0.15) is 5.76 Å². The molecule has 2 N–H and O–H groups in total. The van der Waals surface area contributed by atoms with E-state index in [1.54, 1.807) is 0 Å². The lowest BCUT2D eigenvalue weighted by atomic mass is 10.4. The third-order valence-corrected chi connectivity index (χ3v) is 1.41. The number of oxazole rings is 1. The second kappa shape index (κ2) is 2.38. The molecule has 1 aromatic heterocycles. The molecule has 1 heterocycles. The molecule has 0 unspecified atom stereocenters. The first-order valence-electron chi connectivity index (χ1n) is 2.85. The monoisotopic (exact) mass is 156 g/mol. The topological polar surface area (TPSA) is 52.0 Å². The van der Waals surface area contributed by atoms with E-state index in [0.29, 0.717) is 5.89 Å². The zero-order chi connectivity index (χ0) is 7.72. The Bertz CT molecular complexity index is 247. The van der Waals surface area contributed by atoms with E-state index in [-0.39, 0.29) is 4.99 Å². The third kappa shape index (κ3) is 1.16. The average Bonchev–Trinajstić information content (AvgIpc) is 2.13. The van der Waals surface area contributed by atoms with E-state index in [1.807, 2.05) is 13.8 Å². The smallest absolute Gasteiger partial charge is 0.254 e. The van der Waals surface area contributed by atoms with Crippen molar-refractivity contribution in [2.75, 3.05) is 0 Å². The van der Waals surface area contributed by atoms with Gasteiger partial charge in [-0.25, -0.2) is 4.98 Å². The van der Waals surface area contributed by atoms with Gasteiger partial charge in [-0.1, -0.05) is 12.2 Å². The van der Waals surface area contributed by atoms with Crippen LogP contribution >= 0.6 is 12.2 Å². The minimum atomic E-state index is 0.205. The molecule has 0 aliphatic carbocycles. The van der Waals surface area contributed by atoms with Gasteiger partial charge in [-0.15, -0.1) is 0 Å². The van der Waals surface area contributed by atoms with Crippen LogP contribution in [0.1, 0.15) is 17.3 Å². The molecule has 0 aliphatic rings. The van der Waals surface area contributed by atoms with E-state index in [1.165, 1.54) is 0 Å². The largest absolute Gasteiger partial charge is 0.439 e. The van der Waals surface area contributed by atoms with E-state index in [2.05, 4.69) is 17.2 Å². The number of aryl methyl sites for hydroxylation is 2. The molecular formula is C6H8N2OS. The van der Waals surface area contributed by atoms with Gasteiger partial charge in [0, 0.05) is 0 Å². The van der Waals surface area contributed by atoms with Crippen molar-refractivity contribution in [2.45, 2.75) is 13.8 Å². The SMILES string of the molecule is Cc1nc(C(N)=S)oc1C. The number of aromatic nitrogens is 1. The number of rotatable bonds is 1. The maximum atomic E-state index is 5.27. The molecule has 1 aromatic rings. The molecular weight excluding hydrogens is 148 g/mol. The Morgan fingerprint density at radius 3 is 2.40 bits per heavy atom. The van der Waals surface area contributed by atoms with Gasteiger partial charge in [0.15, 0.2) is 4.99 Å². The predicted octanol–water partition coefficient (Wildman–Crippen LogP) is 0.926. The molecule has 0 amide bonds. The van der Waals surface area contributed by atoms with Crippen molar-refractivity contribution < 1.29 is 4.42 Å². The fourth-order valence-corrected chi connectivity index (χ4v) is 0.665. The van der Waals surface area contributed by atoms with Crippen LogP contribution in [0.15, 0.2) is 4.42 Å². The minimum absolute atomic E-state index is 0.205. The molecule has 0 bridgehead atoms. The van der Waals surface area contributed by atoms with Crippen molar-refractivity contribution in [1.29, 1.82) is 0 Å². The summed E-state index contributed by atoms with van der Waals surface area (Å²) in [6.07, 6.45) is 0. The number of nitrogens with two attached hydrogens (primary N) is 1. The van der Waals surface area contributed by atoms with Crippen molar-refractivity contribution in [3.05, 3.63) is 17.3 Å². The van der Waals surface area contributed by atoms with Crippen LogP contribution in [0.4, 0.5) is 0 Å².